The number of hydrogen-bond acceptors (Lipinski definition) is 3. The molecule has 0 aliphatic carbocycles. The largest absolute Gasteiger partial charge is 0.460 e. The minimum absolute atomic E-state index is 0.647. The number of nitrogens with zero attached hydrogens (tertiary/aromatic N) is 1. The van der Waals surface area contributed by atoms with Gasteiger partial charge in [-0.15, -0.1) is 0 Å². The molecule has 0 saturated carbocycles. The second-order valence-electron chi connectivity index (χ2n) is 8.87. The summed E-state index contributed by atoms with van der Waals surface area (Å²) in [5, 5.41) is 10.1. The molecule has 1 N–H and O–H groups in total. The molecule has 0 aromatic rings. The van der Waals surface area contributed by atoms with Crippen molar-refractivity contribution in [3.63, 3.8) is 0 Å². The smallest absolute Gasteiger partial charge is 0.444 e. The maximum absolute atomic E-state index is 14.1. The van der Waals surface area contributed by atoms with Crippen LogP contribution in [0.4, 0.5) is 61.9 Å². The summed E-state index contributed by atoms with van der Waals surface area (Å²) < 4.78 is 177. The van der Waals surface area contributed by atoms with E-state index in [9.17, 15) is 67.0 Å². The van der Waals surface area contributed by atoms with Gasteiger partial charge in [0.1, 0.15) is 5.60 Å². The van der Waals surface area contributed by atoms with Gasteiger partial charge in [-0.1, -0.05) is 0 Å². The molecule has 0 aromatic carbocycles. The van der Waals surface area contributed by atoms with Crippen LogP contribution < -0.4 is 0 Å². The number of carbonyl (C=O) groups is 1. The van der Waals surface area contributed by atoms with Gasteiger partial charge in [0, 0.05) is 19.5 Å². The molecule has 1 heterocycles. The second-order valence-corrected chi connectivity index (χ2v) is 8.87. The van der Waals surface area contributed by atoms with Crippen LogP contribution in [-0.2, 0) is 4.74 Å². The molecule has 0 aromatic heterocycles. The van der Waals surface area contributed by atoms with E-state index in [-0.39, 0.29) is 0 Å². The SMILES string of the molecule is CC(C)(C)OC(=O)N1CCC(O)(CC(F)(F)C(F)(F)C(F)(F)C(F)(F)C(F)(F)C(F)(F)F)CC1. The fourth-order valence-electron chi connectivity index (χ4n) is 2.94. The molecule has 1 saturated heterocycles. The molecule has 0 radical (unpaired) electrons. The van der Waals surface area contributed by atoms with E-state index in [1.807, 2.05) is 0 Å². The van der Waals surface area contributed by atoms with Crippen molar-refractivity contribution in [1.29, 1.82) is 0 Å². The van der Waals surface area contributed by atoms with Gasteiger partial charge < -0.3 is 14.7 Å². The number of ether oxygens (including phenoxy) is 1. The standard InChI is InChI=1S/C17H20F13NO3/c1-10(2,3)34-9(32)31-6-4-11(33,5-7-31)8-12(18,19)13(20,21)14(22,23)15(24,25)16(26,27)17(28,29)30/h33H,4-8H2,1-3H3. The zero-order valence-electron chi connectivity index (χ0n) is 17.7. The highest BCUT2D eigenvalue weighted by molar-refractivity contribution is 5.68. The number of amides is 1. The summed E-state index contributed by atoms with van der Waals surface area (Å²) in [7, 11) is 0. The summed E-state index contributed by atoms with van der Waals surface area (Å²) in [4.78, 5) is 12.7. The number of halogens is 13. The maximum atomic E-state index is 14.1. The number of alkyl halides is 13. The van der Waals surface area contributed by atoms with Gasteiger partial charge in [-0.05, 0) is 33.6 Å². The Labute approximate surface area is 184 Å². The fourth-order valence-corrected chi connectivity index (χ4v) is 2.94. The highest BCUT2D eigenvalue weighted by Crippen LogP contribution is 2.61. The van der Waals surface area contributed by atoms with Crippen LogP contribution in [0.5, 0.6) is 0 Å². The van der Waals surface area contributed by atoms with E-state index < -0.39 is 85.4 Å². The lowest BCUT2D eigenvalue weighted by Crippen LogP contribution is -2.70. The van der Waals surface area contributed by atoms with Crippen molar-refractivity contribution in [3.8, 4) is 0 Å². The Bertz CT molecular complexity index is 751. The topological polar surface area (TPSA) is 49.8 Å². The predicted octanol–water partition coefficient (Wildman–Crippen LogP) is 5.88. The molecule has 0 atom stereocenters. The molecule has 1 fully saturated rings. The van der Waals surface area contributed by atoms with E-state index in [4.69, 9.17) is 4.74 Å². The number of aliphatic hydroxyl groups is 1. The molecule has 202 valence electrons. The first kappa shape index (κ1) is 30.4. The van der Waals surface area contributed by atoms with Gasteiger partial charge in [0.15, 0.2) is 0 Å². The van der Waals surface area contributed by atoms with Gasteiger partial charge in [0.25, 0.3) is 0 Å². The zero-order valence-corrected chi connectivity index (χ0v) is 17.7. The molecule has 1 rings (SSSR count). The quantitative estimate of drug-likeness (QED) is 0.435. The lowest BCUT2D eigenvalue weighted by Gasteiger charge is -2.43. The minimum atomic E-state index is -7.99. The lowest BCUT2D eigenvalue weighted by atomic mass is 9.82. The Morgan fingerprint density at radius 3 is 1.50 bits per heavy atom. The molecular formula is C17H20F13NO3. The van der Waals surface area contributed by atoms with Crippen molar-refractivity contribution in [2.45, 2.75) is 87.0 Å². The van der Waals surface area contributed by atoms with Crippen LogP contribution in [-0.4, -0.2) is 76.2 Å². The van der Waals surface area contributed by atoms with Gasteiger partial charge in [0.05, 0.1) is 5.60 Å². The van der Waals surface area contributed by atoms with Gasteiger partial charge in [-0.25, -0.2) is 4.79 Å². The van der Waals surface area contributed by atoms with Gasteiger partial charge >= 0.3 is 41.9 Å². The summed E-state index contributed by atoms with van der Waals surface area (Å²) in [6.07, 6.45) is -13.2. The number of rotatable bonds is 6. The normalized spacial score (nSPS) is 19.3. The van der Waals surface area contributed by atoms with Gasteiger partial charge in [0.2, 0.25) is 0 Å². The molecule has 4 nitrogen and oxygen atoms in total. The summed E-state index contributed by atoms with van der Waals surface area (Å²) >= 11 is 0. The first-order valence-electron chi connectivity index (χ1n) is 9.31. The number of carbonyl (C=O) groups excluding carboxylic acids is 1. The van der Waals surface area contributed by atoms with E-state index in [1.165, 1.54) is 20.8 Å². The zero-order chi connectivity index (χ0) is 27.4. The Hall–Kier alpha value is -1.68. The van der Waals surface area contributed by atoms with Crippen LogP contribution in [0, 0.1) is 0 Å². The van der Waals surface area contributed by atoms with Crippen molar-refractivity contribution in [2.75, 3.05) is 13.1 Å². The summed E-state index contributed by atoms with van der Waals surface area (Å²) in [6.45, 7) is 3.06. The van der Waals surface area contributed by atoms with Crippen molar-refractivity contribution < 1.29 is 71.7 Å². The van der Waals surface area contributed by atoms with Crippen LogP contribution >= 0.6 is 0 Å². The Morgan fingerprint density at radius 2 is 1.15 bits per heavy atom. The molecule has 0 spiro atoms. The van der Waals surface area contributed by atoms with E-state index in [2.05, 4.69) is 0 Å². The monoisotopic (exact) mass is 533 g/mol. The summed E-state index contributed by atoms with van der Waals surface area (Å²) in [5.41, 5.74) is -4.02. The fraction of sp³-hybridized carbons (Fsp3) is 0.941. The average Bonchev–Trinajstić information content (AvgIpc) is 2.58. The van der Waals surface area contributed by atoms with Gasteiger partial charge in [-0.3, -0.25) is 0 Å². The van der Waals surface area contributed by atoms with Crippen LogP contribution in [0.1, 0.15) is 40.0 Å². The third kappa shape index (κ3) is 5.27. The first-order chi connectivity index (χ1) is 14.7. The molecule has 1 aliphatic heterocycles. The van der Waals surface area contributed by atoms with Crippen molar-refractivity contribution >= 4 is 6.09 Å². The van der Waals surface area contributed by atoms with Gasteiger partial charge in [-0.2, -0.15) is 57.1 Å². The third-order valence-corrected chi connectivity index (χ3v) is 4.90. The minimum Gasteiger partial charge on any atom is -0.444 e. The molecule has 0 unspecified atom stereocenters. The van der Waals surface area contributed by atoms with Crippen LogP contribution in [0.3, 0.4) is 0 Å². The number of likely N-dealkylation sites (tertiary alicyclic amines) is 1. The van der Waals surface area contributed by atoms with E-state index in [0.29, 0.717) is 0 Å². The van der Waals surface area contributed by atoms with Crippen LogP contribution in [0.25, 0.3) is 0 Å². The van der Waals surface area contributed by atoms with Crippen molar-refractivity contribution in [3.05, 3.63) is 0 Å². The first-order valence-corrected chi connectivity index (χ1v) is 9.31. The molecule has 1 amide bonds. The van der Waals surface area contributed by atoms with E-state index in [1.54, 1.807) is 0 Å². The second kappa shape index (κ2) is 8.47. The Kier molecular flexibility index (Phi) is 7.56. The summed E-state index contributed by atoms with van der Waals surface area (Å²) in [5.74, 6) is -37.6. The van der Waals surface area contributed by atoms with E-state index >= 15 is 0 Å². The number of piperidine rings is 1. The third-order valence-electron chi connectivity index (χ3n) is 4.90. The highest BCUT2D eigenvalue weighted by Gasteiger charge is 2.90. The predicted molar refractivity (Wildman–Crippen MR) is 87.4 cm³/mol. The van der Waals surface area contributed by atoms with Crippen LogP contribution in [0.15, 0.2) is 0 Å². The molecule has 1 aliphatic rings. The van der Waals surface area contributed by atoms with Crippen LogP contribution in [0.2, 0.25) is 0 Å². The van der Waals surface area contributed by atoms with Crippen molar-refractivity contribution in [2.24, 2.45) is 0 Å². The summed E-state index contributed by atoms with van der Waals surface area (Å²) in [6, 6.07) is 0. The molecule has 17 heteroatoms. The highest BCUT2D eigenvalue weighted by atomic mass is 19.4. The Balaban J connectivity index is 3.14. The lowest BCUT2D eigenvalue weighted by molar-refractivity contribution is -0.441. The molecular weight excluding hydrogens is 513 g/mol. The number of hydrogen-bond donors (Lipinski definition) is 1. The molecule has 0 bridgehead atoms. The average molecular weight is 533 g/mol. The Morgan fingerprint density at radius 1 is 0.765 bits per heavy atom. The van der Waals surface area contributed by atoms with Crippen molar-refractivity contribution in [1.82, 2.24) is 4.90 Å². The maximum Gasteiger partial charge on any atom is 0.460 e. The van der Waals surface area contributed by atoms with E-state index in [0.717, 1.165) is 4.90 Å². The molecule has 34 heavy (non-hydrogen) atoms.